The Kier molecular flexibility index (Phi) is 62.2. The Balaban J connectivity index is 4.02. The molecule has 0 aromatic rings. The van der Waals surface area contributed by atoms with Crippen molar-refractivity contribution in [3.05, 3.63) is 134 Å². The molecule has 2 unspecified atom stereocenters. The van der Waals surface area contributed by atoms with Gasteiger partial charge in [0, 0.05) is 19.4 Å². The topological polar surface area (TPSA) is 134 Å². The molecule has 0 saturated heterocycles. The average Bonchev–Trinajstić information content (AvgIpc) is 3.46. The highest BCUT2D eigenvalue weighted by molar-refractivity contribution is 7.47. The van der Waals surface area contributed by atoms with E-state index >= 15 is 0 Å². The maximum atomic E-state index is 12.7. The van der Waals surface area contributed by atoms with E-state index in [2.05, 4.69) is 148 Å². The van der Waals surface area contributed by atoms with Gasteiger partial charge < -0.3 is 20.1 Å². The second-order valence-electron chi connectivity index (χ2n) is 21.2. The summed E-state index contributed by atoms with van der Waals surface area (Å²) in [6.07, 6.45) is 92.3. The third kappa shape index (κ3) is 65.2. The van der Waals surface area contributed by atoms with E-state index in [0.717, 1.165) is 122 Å². The number of phosphoric acid groups is 1. The van der Waals surface area contributed by atoms with Crippen LogP contribution in [0.3, 0.4) is 0 Å². The lowest BCUT2D eigenvalue weighted by Crippen LogP contribution is -2.29. The van der Waals surface area contributed by atoms with E-state index in [1.165, 1.54) is 116 Å². The van der Waals surface area contributed by atoms with Gasteiger partial charge in [0.15, 0.2) is 6.10 Å². The van der Waals surface area contributed by atoms with Crippen molar-refractivity contribution in [2.24, 2.45) is 5.73 Å². The molecule has 2 atom stereocenters. The molecular formula is C71H120NO8P. The molecule has 81 heavy (non-hydrogen) atoms. The van der Waals surface area contributed by atoms with Crippen LogP contribution in [0.4, 0.5) is 0 Å². The summed E-state index contributed by atoms with van der Waals surface area (Å²) in [5, 5.41) is 0. The molecule has 0 aliphatic heterocycles. The maximum absolute atomic E-state index is 12.7. The molecule has 0 saturated carbocycles. The fourth-order valence-electron chi connectivity index (χ4n) is 8.72. The van der Waals surface area contributed by atoms with Gasteiger partial charge in [-0.3, -0.25) is 18.6 Å². The number of ether oxygens (including phenoxy) is 2. The highest BCUT2D eigenvalue weighted by atomic mass is 31.2. The summed E-state index contributed by atoms with van der Waals surface area (Å²) in [5.74, 6) is -0.848. The summed E-state index contributed by atoms with van der Waals surface area (Å²) in [6, 6.07) is 0. The number of allylic oxidation sites excluding steroid dienone is 22. The lowest BCUT2D eigenvalue weighted by Gasteiger charge is -2.19. The second kappa shape index (κ2) is 65.3. The van der Waals surface area contributed by atoms with Crippen LogP contribution >= 0.6 is 7.82 Å². The van der Waals surface area contributed by atoms with E-state index in [0.29, 0.717) is 6.42 Å². The zero-order chi connectivity index (χ0) is 58.7. The Morgan fingerprint density at radius 1 is 0.383 bits per heavy atom. The van der Waals surface area contributed by atoms with E-state index in [9.17, 15) is 19.0 Å². The highest BCUT2D eigenvalue weighted by Crippen LogP contribution is 2.43. The summed E-state index contributed by atoms with van der Waals surface area (Å²) in [6.45, 7) is 3.62. The van der Waals surface area contributed by atoms with Gasteiger partial charge in [-0.15, -0.1) is 0 Å². The van der Waals surface area contributed by atoms with Gasteiger partial charge in [0.1, 0.15) is 6.61 Å². The number of unbranched alkanes of at least 4 members (excludes halogenated alkanes) is 25. The third-order valence-electron chi connectivity index (χ3n) is 13.5. The third-order valence-corrected chi connectivity index (χ3v) is 14.5. The van der Waals surface area contributed by atoms with E-state index in [1.54, 1.807) is 0 Å². The largest absolute Gasteiger partial charge is 0.472 e. The van der Waals surface area contributed by atoms with E-state index in [-0.39, 0.29) is 38.6 Å². The van der Waals surface area contributed by atoms with Crippen LogP contribution in [0.1, 0.15) is 271 Å². The van der Waals surface area contributed by atoms with Gasteiger partial charge in [-0.1, -0.05) is 276 Å². The monoisotopic (exact) mass is 1150 g/mol. The zero-order valence-corrected chi connectivity index (χ0v) is 52.6. The van der Waals surface area contributed by atoms with Crippen molar-refractivity contribution >= 4 is 19.8 Å². The van der Waals surface area contributed by atoms with Crippen molar-refractivity contribution in [2.45, 2.75) is 277 Å². The molecule has 0 heterocycles. The van der Waals surface area contributed by atoms with Crippen molar-refractivity contribution in [1.82, 2.24) is 0 Å². The lowest BCUT2D eigenvalue weighted by molar-refractivity contribution is -0.161. The molecule has 0 aromatic carbocycles. The van der Waals surface area contributed by atoms with Crippen molar-refractivity contribution in [3.63, 3.8) is 0 Å². The molecule has 9 nitrogen and oxygen atoms in total. The minimum atomic E-state index is -4.40. The Hall–Kier alpha value is -3.85. The Morgan fingerprint density at radius 3 is 1.02 bits per heavy atom. The summed E-state index contributed by atoms with van der Waals surface area (Å²) in [5.41, 5.74) is 5.39. The van der Waals surface area contributed by atoms with Crippen LogP contribution in [0.25, 0.3) is 0 Å². The molecule has 3 N–H and O–H groups in total. The summed E-state index contributed by atoms with van der Waals surface area (Å²) < 4.78 is 33.1. The highest BCUT2D eigenvalue weighted by Gasteiger charge is 2.26. The first-order valence-corrected chi connectivity index (χ1v) is 34.2. The lowest BCUT2D eigenvalue weighted by atomic mass is 10.0. The number of phosphoric ester groups is 1. The van der Waals surface area contributed by atoms with Gasteiger partial charge in [0.05, 0.1) is 13.2 Å². The standard InChI is InChI=1S/C71H120NO8P/c1-3-5-7-9-11-13-15-17-19-21-23-25-27-28-29-30-31-32-33-34-35-36-37-38-39-40-42-44-46-48-50-52-54-56-58-60-62-64-71(74)80-69(68-79-81(75,76)78-66-65-72)67-77-70(73)63-61-59-57-55-53-51-49-47-45-43-41-26-24-22-20-18-16-14-12-10-8-6-4-2/h5,7,11,13,17,19,22-25,28-29,31-32,34-35,37-38,40,42,46,48,69H,3-4,6,8-10,12,14-16,18,20-21,26-27,30,33,36,39,41,43-45,47,49-68,72H2,1-2H3,(H,75,76)/b7-5-,13-11-,19-17-,24-22-,25-23-,29-28-,32-31-,35-34-,38-37-,42-40-,48-46-. The smallest absolute Gasteiger partial charge is 0.462 e. The quantitative estimate of drug-likeness (QED) is 0.0264. The Labute approximate surface area is 497 Å². The fourth-order valence-corrected chi connectivity index (χ4v) is 9.48. The zero-order valence-electron chi connectivity index (χ0n) is 51.7. The van der Waals surface area contributed by atoms with Gasteiger partial charge in [-0.2, -0.15) is 0 Å². The molecule has 0 bridgehead atoms. The number of carbonyl (C=O) groups excluding carboxylic acids is 2. The first kappa shape index (κ1) is 77.2. The summed E-state index contributed by atoms with van der Waals surface area (Å²) in [7, 11) is -4.40. The van der Waals surface area contributed by atoms with Gasteiger partial charge in [-0.25, -0.2) is 4.57 Å². The molecule has 0 aromatic heterocycles. The number of esters is 2. The molecule has 0 spiro atoms. The van der Waals surface area contributed by atoms with Crippen LogP contribution in [0, 0.1) is 0 Å². The van der Waals surface area contributed by atoms with Crippen molar-refractivity contribution in [2.75, 3.05) is 26.4 Å². The van der Waals surface area contributed by atoms with E-state index < -0.39 is 26.5 Å². The number of hydrogen-bond donors (Lipinski definition) is 2. The van der Waals surface area contributed by atoms with Crippen LogP contribution in [0.5, 0.6) is 0 Å². The summed E-state index contributed by atoms with van der Waals surface area (Å²) in [4.78, 5) is 35.3. The second-order valence-corrected chi connectivity index (χ2v) is 22.7. The van der Waals surface area contributed by atoms with Gasteiger partial charge >= 0.3 is 19.8 Å². The maximum Gasteiger partial charge on any atom is 0.472 e. The molecule has 462 valence electrons. The van der Waals surface area contributed by atoms with Crippen LogP contribution in [-0.4, -0.2) is 49.3 Å². The van der Waals surface area contributed by atoms with E-state index in [4.69, 9.17) is 24.3 Å². The van der Waals surface area contributed by atoms with Crippen molar-refractivity contribution < 1.29 is 37.6 Å². The van der Waals surface area contributed by atoms with Gasteiger partial charge in [-0.05, 0) is 116 Å². The van der Waals surface area contributed by atoms with Crippen LogP contribution in [-0.2, 0) is 32.7 Å². The Morgan fingerprint density at radius 2 is 0.679 bits per heavy atom. The predicted octanol–water partition coefficient (Wildman–Crippen LogP) is 21.3. The van der Waals surface area contributed by atoms with Gasteiger partial charge in [0.2, 0.25) is 0 Å². The average molecular weight is 1150 g/mol. The molecule has 0 aliphatic carbocycles. The van der Waals surface area contributed by atoms with Crippen molar-refractivity contribution in [3.8, 4) is 0 Å². The number of rotatable bonds is 60. The van der Waals surface area contributed by atoms with Crippen molar-refractivity contribution in [1.29, 1.82) is 0 Å². The molecule has 0 radical (unpaired) electrons. The van der Waals surface area contributed by atoms with E-state index in [1.807, 2.05) is 0 Å². The number of carbonyl (C=O) groups is 2. The minimum absolute atomic E-state index is 0.0447. The normalized spacial score (nSPS) is 13.9. The number of hydrogen-bond acceptors (Lipinski definition) is 8. The van der Waals surface area contributed by atoms with Crippen LogP contribution in [0.2, 0.25) is 0 Å². The minimum Gasteiger partial charge on any atom is -0.462 e. The predicted molar refractivity (Wildman–Crippen MR) is 348 cm³/mol. The fraction of sp³-hybridized carbons (Fsp3) is 0.662. The molecule has 0 amide bonds. The molecule has 0 aliphatic rings. The van der Waals surface area contributed by atoms with Crippen LogP contribution < -0.4 is 5.73 Å². The molecular weight excluding hydrogens is 1030 g/mol. The molecule has 0 fully saturated rings. The first-order valence-electron chi connectivity index (χ1n) is 32.7. The van der Waals surface area contributed by atoms with Crippen LogP contribution in [0.15, 0.2) is 134 Å². The van der Waals surface area contributed by atoms with Gasteiger partial charge in [0.25, 0.3) is 0 Å². The SMILES string of the molecule is CC/C=C\C/C=C\C/C=C\C/C=C\C/C=C\C/C=C\C/C=C\C/C=C\C/C=C\C/C=C\CCCCCCCCC(=O)OC(COC(=O)CCCCCCCCCCCCC/C=C\CCCCCCCCCC)COP(=O)(O)OCCN. The Bertz CT molecular complexity index is 1790. The molecule has 0 rings (SSSR count). The number of nitrogens with two attached hydrogens (primary N) is 1. The summed E-state index contributed by atoms with van der Waals surface area (Å²) >= 11 is 0. The molecule has 10 heteroatoms. The first-order chi connectivity index (χ1) is 39.8.